The minimum absolute atomic E-state index is 0.179. The van der Waals surface area contributed by atoms with Gasteiger partial charge in [-0.1, -0.05) is 50.8 Å². The van der Waals surface area contributed by atoms with Gasteiger partial charge in [0.15, 0.2) is 0 Å². The monoisotopic (exact) mass is 472 g/mol. The number of carbonyl (C=O) groups excluding carboxylic acids is 2. The van der Waals surface area contributed by atoms with Crippen molar-refractivity contribution in [3.05, 3.63) is 60.2 Å². The van der Waals surface area contributed by atoms with Gasteiger partial charge in [-0.15, -0.1) is 0 Å². The fourth-order valence-electron chi connectivity index (χ4n) is 3.89. The van der Waals surface area contributed by atoms with Crippen LogP contribution in [0.5, 0.6) is 0 Å². The van der Waals surface area contributed by atoms with E-state index in [-0.39, 0.29) is 16.8 Å². The third-order valence-corrected chi connectivity index (χ3v) is 7.65. The highest BCUT2D eigenvalue weighted by Gasteiger charge is 2.39. The Morgan fingerprint density at radius 2 is 1.70 bits per heavy atom. The van der Waals surface area contributed by atoms with Gasteiger partial charge in [-0.3, -0.25) is 4.79 Å². The molecule has 1 fully saturated rings. The molecule has 33 heavy (non-hydrogen) atoms. The standard InChI is InChI=1S/C25H32N2O5S/c1-2-3-4-5-9-19-32-25(29)20-14-16-21(17-15-20)26-24(28)23-13-10-18-27(23)33(30,31)22-11-7-6-8-12-22/h6-8,11-12,14-17,23H,2-5,9-10,13,18-19H2,1H3,(H,26,28)/t23-/m1/s1. The van der Waals surface area contributed by atoms with Crippen molar-refractivity contribution in [2.45, 2.75) is 62.8 Å². The maximum absolute atomic E-state index is 13.0. The molecule has 1 atom stereocenters. The smallest absolute Gasteiger partial charge is 0.338 e. The molecule has 2 aromatic rings. The molecule has 8 heteroatoms. The molecule has 1 heterocycles. The van der Waals surface area contributed by atoms with Crippen LogP contribution in [0.15, 0.2) is 59.5 Å². The number of rotatable bonds is 11. The van der Waals surface area contributed by atoms with Crippen LogP contribution in [0.4, 0.5) is 5.69 Å². The lowest BCUT2D eigenvalue weighted by Crippen LogP contribution is -2.43. The summed E-state index contributed by atoms with van der Waals surface area (Å²) in [5.74, 6) is -0.770. The zero-order chi connectivity index (χ0) is 23.7. The quantitative estimate of drug-likeness (QED) is 0.381. The highest BCUT2D eigenvalue weighted by atomic mass is 32.2. The number of esters is 1. The topological polar surface area (TPSA) is 92.8 Å². The molecule has 0 saturated carbocycles. The normalized spacial score (nSPS) is 16.5. The van der Waals surface area contributed by atoms with E-state index in [9.17, 15) is 18.0 Å². The summed E-state index contributed by atoms with van der Waals surface area (Å²) in [5.41, 5.74) is 0.913. The van der Waals surface area contributed by atoms with Crippen LogP contribution in [0.25, 0.3) is 0 Å². The van der Waals surface area contributed by atoms with E-state index in [1.165, 1.54) is 29.3 Å². The first kappa shape index (κ1) is 24.9. The zero-order valence-electron chi connectivity index (χ0n) is 19.0. The van der Waals surface area contributed by atoms with E-state index in [2.05, 4.69) is 12.2 Å². The molecule has 1 saturated heterocycles. The molecule has 1 N–H and O–H groups in total. The molecule has 0 aromatic heterocycles. The molecule has 7 nitrogen and oxygen atoms in total. The lowest BCUT2D eigenvalue weighted by molar-refractivity contribution is -0.119. The van der Waals surface area contributed by atoms with Crippen molar-refractivity contribution >= 4 is 27.6 Å². The average molecular weight is 473 g/mol. The molecule has 0 spiro atoms. The molecule has 178 valence electrons. The molecule has 0 radical (unpaired) electrons. The van der Waals surface area contributed by atoms with Crippen molar-refractivity contribution in [3.8, 4) is 0 Å². The molecular formula is C25H32N2O5S. The fourth-order valence-corrected chi connectivity index (χ4v) is 5.56. The second kappa shape index (κ2) is 12.0. The van der Waals surface area contributed by atoms with E-state index in [0.29, 0.717) is 37.2 Å². The largest absolute Gasteiger partial charge is 0.462 e. The molecule has 1 amide bonds. The van der Waals surface area contributed by atoms with E-state index in [4.69, 9.17) is 4.74 Å². The molecule has 0 bridgehead atoms. The van der Waals surface area contributed by atoms with Gasteiger partial charge in [-0.25, -0.2) is 13.2 Å². The summed E-state index contributed by atoms with van der Waals surface area (Å²) in [6, 6.07) is 13.8. The van der Waals surface area contributed by atoms with Crippen molar-refractivity contribution in [2.75, 3.05) is 18.5 Å². The minimum atomic E-state index is -3.75. The lowest BCUT2D eigenvalue weighted by Gasteiger charge is -2.23. The van der Waals surface area contributed by atoms with Gasteiger partial charge in [0.1, 0.15) is 6.04 Å². The number of unbranched alkanes of at least 4 members (excludes halogenated alkanes) is 4. The number of ether oxygens (including phenoxy) is 1. The number of amides is 1. The first-order valence-electron chi connectivity index (χ1n) is 11.6. The third kappa shape index (κ3) is 6.65. The van der Waals surface area contributed by atoms with E-state index < -0.39 is 16.1 Å². The summed E-state index contributed by atoms with van der Waals surface area (Å²) in [5, 5.41) is 2.78. The number of nitrogens with zero attached hydrogens (tertiary/aromatic N) is 1. The Labute approximate surface area is 196 Å². The number of sulfonamides is 1. The summed E-state index contributed by atoms with van der Waals surface area (Å²) in [4.78, 5) is 25.2. The Kier molecular flexibility index (Phi) is 9.03. The predicted molar refractivity (Wildman–Crippen MR) is 127 cm³/mol. The third-order valence-electron chi connectivity index (χ3n) is 5.73. The first-order valence-corrected chi connectivity index (χ1v) is 13.0. The van der Waals surface area contributed by atoms with E-state index in [1.54, 1.807) is 42.5 Å². The number of benzene rings is 2. The first-order chi connectivity index (χ1) is 15.9. The van der Waals surface area contributed by atoms with Crippen molar-refractivity contribution in [1.29, 1.82) is 0 Å². The molecule has 0 aliphatic carbocycles. The highest BCUT2D eigenvalue weighted by molar-refractivity contribution is 7.89. The SMILES string of the molecule is CCCCCCCOC(=O)c1ccc(NC(=O)[C@H]2CCCN2S(=O)(=O)c2ccccc2)cc1. The highest BCUT2D eigenvalue weighted by Crippen LogP contribution is 2.27. The van der Waals surface area contributed by atoms with Gasteiger partial charge in [0.05, 0.1) is 17.1 Å². The number of hydrogen-bond acceptors (Lipinski definition) is 5. The summed E-state index contributed by atoms with van der Waals surface area (Å²) in [6.45, 7) is 2.86. The number of hydrogen-bond donors (Lipinski definition) is 1. The maximum Gasteiger partial charge on any atom is 0.338 e. The Hall–Kier alpha value is -2.71. The van der Waals surface area contributed by atoms with Gasteiger partial charge in [-0.05, 0) is 55.7 Å². The van der Waals surface area contributed by atoms with Crippen LogP contribution in [0.1, 0.15) is 62.2 Å². The Balaban J connectivity index is 1.55. The van der Waals surface area contributed by atoms with Gasteiger partial charge in [0.25, 0.3) is 0 Å². The molecule has 1 aliphatic rings. The summed E-state index contributed by atoms with van der Waals surface area (Å²) >= 11 is 0. The number of nitrogens with one attached hydrogen (secondary N) is 1. The lowest BCUT2D eigenvalue weighted by atomic mass is 10.1. The Morgan fingerprint density at radius 3 is 2.39 bits per heavy atom. The van der Waals surface area contributed by atoms with Gasteiger partial charge in [-0.2, -0.15) is 4.31 Å². The van der Waals surface area contributed by atoms with Crippen LogP contribution in [-0.2, 0) is 19.6 Å². The Bertz CT molecular complexity index is 1020. The second-order valence-corrected chi connectivity index (χ2v) is 10.1. The van der Waals surface area contributed by atoms with Crippen LogP contribution >= 0.6 is 0 Å². The van der Waals surface area contributed by atoms with Crippen LogP contribution in [-0.4, -0.2) is 43.8 Å². The van der Waals surface area contributed by atoms with Crippen LogP contribution < -0.4 is 5.32 Å². The van der Waals surface area contributed by atoms with Crippen molar-refractivity contribution in [1.82, 2.24) is 4.31 Å². The molecule has 3 rings (SSSR count). The molecular weight excluding hydrogens is 440 g/mol. The minimum Gasteiger partial charge on any atom is -0.462 e. The molecule has 2 aromatic carbocycles. The van der Waals surface area contributed by atoms with Crippen molar-refractivity contribution in [2.24, 2.45) is 0 Å². The van der Waals surface area contributed by atoms with Crippen molar-refractivity contribution in [3.63, 3.8) is 0 Å². The van der Waals surface area contributed by atoms with Crippen LogP contribution in [0.2, 0.25) is 0 Å². The predicted octanol–water partition coefficient (Wildman–Crippen LogP) is 4.61. The second-order valence-electron chi connectivity index (χ2n) is 8.20. The van der Waals surface area contributed by atoms with E-state index in [0.717, 1.165) is 19.3 Å². The fraction of sp³-hybridized carbons (Fsp3) is 0.440. The van der Waals surface area contributed by atoms with E-state index >= 15 is 0 Å². The van der Waals surface area contributed by atoms with Crippen LogP contribution in [0, 0.1) is 0 Å². The Morgan fingerprint density at radius 1 is 1.00 bits per heavy atom. The summed E-state index contributed by atoms with van der Waals surface area (Å²) in [6.07, 6.45) is 6.48. The summed E-state index contributed by atoms with van der Waals surface area (Å²) < 4.78 is 32.5. The van der Waals surface area contributed by atoms with Crippen LogP contribution in [0.3, 0.4) is 0 Å². The molecule has 0 unspecified atom stereocenters. The van der Waals surface area contributed by atoms with Gasteiger partial charge in [0, 0.05) is 12.2 Å². The summed E-state index contributed by atoms with van der Waals surface area (Å²) in [7, 11) is -3.75. The van der Waals surface area contributed by atoms with E-state index in [1.807, 2.05) is 0 Å². The number of carbonyl (C=O) groups is 2. The van der Waals surface area contributed by atoms with Gasteiger partial charge < -0.3 is 10.1 Å². The van der Waals surface area contributed by atoms with Gasteiger partial charge >= 0.3 is 5.97 Å². The maximum atomic E-state index is 13.0. The molecule has 1 aliphatic heterocycles. The zero-order valence-corrected chi connectivity index (χ0v) is 19.9. The average Bonchev–Trinajstić information content (AvgIpc) is 3.33. The van der Waals surface area contributed by atoms with Crippen molar-refractivity contribution < 1.29 is 22.7 Å². The van der Waals surface area contributed by atoms with Gasteiger partial charge in [0.2, 0.25) is 15.9 Å². The number of anilines is 1.